The number of nitrogens with zero attached hydrogens (tertiary/aromatic N) is 3. The second-order valence-electron chi connectivity index (χ2n) is 9.73. The number of aryl methyl sites for hydroxylation is 1. The van der Waals surface area contributed by atoms with Gasteiger partial charge in [0.05, 0.1) is 29.1 Å². The zero-order valence-corrected chi connectivity index (χ0v) is 22.9. The van der Waals surface area contributed by atoms with Gasteiger partial charge in [0.15, 0.2) is 0 Å². The quantitative estimate of drug-likeness (QED) is 0.290. The van der Waals surface area contributed by atoms with E-state index < -0.39 is 47.1 Å². The van der Waals surface area contributed by atoms with E-state index in [2.05, 4.69) is 9.72 Å². The average molecular weight is 582 g/mol. The zero-order chi connectivity index (χ0) is 29.6. The molecule has 10 nitrogen and oxygen atoms in total. The molecule has 1 atom stereocenters. The van der Waals surface area contributed by atoms with E-state index in [0.717, 1.165) is 22.0 Å². The first-order valence-corrected chi connectivity index (χ1v) is 12.9. The summed E-state index contributed by atoms with van der Waals surface area (Å²) in [6, 6.07) is 5.37. The molecule has 0 aliphatic carbocycles. The van der Waals surface area contributed by atoms with Gasteiger partial charge in [-0.3, -0.25) is 9.36 Å². The van der Waals surface area contributed by atoms with Gasteiger partial charge in [-0.1, -0.05) is 18.2 Å². The lowest BCUT2D eigenvalue weighted by atomic mass is 10.1. The van der Waals surface area contributed by atoms with E-state index in [1.807, 2.05) is 0 Å². The van der Waals surface area contributed by atoms with Gasteiger partial charge in [0.25, 0.3) is 5.56 Å². The molecule has 0 aliphatic rings. The number of thiophene rings is 1. The monoisotopic (exact) mass is 581 g/mol. The van der Waals surface area contributed by atoms with E-state index in [-0.39, 0.29) is 28.2 Å². The van der Waals surface area contributed by atoms with E-state index in [4.69, 9.17) is 9.15 Å². The molecule has 0 bridgehead atoms. The highest BCUT2D eigenvalue weighted by Crippen LogP contribution is 2.38. The Balaban J connectivity index is 2.03. The van der Waals surface area contributed by atoms with Crippen LogP contribution < -0.4 is 16.0 Å². The molecule has 0 fully saturated rings. The maximum atomic E-state index is 13.9. The van der Waals surface area contributed by atoms with Crippen molar-refractivity contribution in [2.75, 3.05) is 0 Å². The minimum absolute atomic E-state index is 0.00465. The molecular weight excluding hydrogens is 555 g/mol. The SMILES string of the molecule is Cc1c(-c2ncco2)sc2c1c(=O)n(C(C)(C)C(=O)O)c(=O)n2C[C@H](OC(C)C)c1ccccc1OC(F)(F)F. The molecule has 14 heteroatoms. The van der Waals surface area contributed by atoms with E-state index in [1.165, 1.54) is 44.5 Å². The zero-order valence-electron chi connectivity index (χ0n) is 22.1. The van der Waals surface area contributed by atoms with Crippen LogP contribution in [0, 0.1) is 6.92 Å². The van der Waals surface area contributed by atoms with E-state index in [0.29, 0.717) is 15.0 Å². The van der Waals surface area contributed by atoms with Crippen LogP contribution >= 0.6 is 11.3 Å². The Morgan fingerprint density at radius 1 is 1.20 bits per heavy atom. The Labute approximate surface area is 229 Å². The highest BCUT2D eigenvalue weighted by molar-refractivity contribution is 7.22. The van der Waals surface area contributed by atoms with Gasteiger partial charge in [0.2, 0.25) is 5.89 Å². The van der Waals surface area contributed by atoms with Crippen molar-refractivity contribution in [3.05, 3.63) is 68.7 Å². The number of oxazole rings is 1. The first-order valence-electron chi connectivity index (χ1n) is 12.1. The normalized spacial score (nSPS) is 13.2. The number of carboxylic acid groups (broad SMARTS) is 1. The fourth-order valence-electron chi connectivity index (χ4n) is 4.31. The Kier molecular flexibility index (Phi) is 7.69. The lowest BCUT2D eigenvalue weighted by molar-refractivity contribution is -0.275. The summed E-state index contributed by atoms with van der Waals surface area (Å²) in [5.41, 5.74) is -3.37. The molecule has 0 unspecified atom stereocenters. The molecule has 0 saturated heterocycles. The van der Waals surface area contributed by atoms with Crippen molar-refractivity contribution in [1.29, 1.82) is 0 Å². The van der Waals surface area contributed by atoms with Gasteiger partial charge >= 0.3 is 18.0 Å². The van der Waals surface area contributed by atoms with E-state index in [9.17, 15) is 32.7 Å². The molecule has 0 spiro atoms. The standard InChI is InChI=1S/C26H26F3N3O7S/c1-13(2)38-17(15-8-6-7-9-16(15)39-26(27,28)29)12-31-22-18(14(3)19(40-22)20-30-10-11-37-20)21(33)32(24(31)36)25(4,5)23(34)35/h6-11,13,17H,12H2,1-5H3,(H,34,35)/t17-/m0/s1. The fourth-order valence-corrected chi connectivity index (χ4v) is 5.55. The predicted octanol–water partition coefficient (Wildman–Crippen LogP) is 5.07. The maximum absolute atomic E-state index is 13.9. The number of para-hydroxylation sites is 1. The molecule has 4 rings (SSSR count). The lowest BCUT2D eigenvalue weighted by Crippen LogP contribution is -2.52. The van der Waals surface area contributed by atoms with Crippen LogP contribution in [0.2, 0.25) is 0 Å². The molecule has 0 amide bonds. The van der Waals surface area contributed by atoms with Crippen molar-refractivity contribution in [3.8, 4) is 16.5 Å². The van der Waals surface area contributed by atoms with E-state index >= 15 is 0 Å². The van der Waals surface area contributed by atoms with Crippen LogP contribution in [0.5, 0.6) is 5.75 Å². The number of ether oxygens (including phenoxy) is 2. The van der Waals surface area contributed by atoms with Gasteiger partial charge in [-0.25, -0.2) is 19.1 Å². The minimum atomic E-state index is -4.99. The molecule has 214 valence electrons. The number of hydrogen-bond donors (Lipinski definition) is 1. The Hall–Kier alpha value is -3.91. The van der Waals surface area contributed by atoms with Gasteiger partial charge in [-0.2, -0.15) is 0 Å². The van der Waals surface area contributed by atoms with Gasteiger partial charge in [-0.05, 0) is 46.2 Å². The number of benzene rings is 1. The highest BCUT2D eigenvalue weighted by Gasteiger charge is 2.37. The molecular formula is C26H26F3N3O7S. The summed E-state index contributed by atoms with van der Waals surface area (Å²) in [7, 11) is 0. The largest absolute Gasteiger partial charge is 0.573 e. The minimum Gasteiger partial charge on any atom is -0.480 e. The summed E-state index contributed by atoms with van der Waals surface area (Å²) in [6.07, 6.45) is -3.91. The summed E-state index contributed by atoms with van der Waals surface area (Å²) in [4.78, 5) is 44.4. The first-order chi connectivity index (χ1) is 18.6. The first kappa shape index (κ1) is 29.1. The molecule has 1 aromatic carbocycles. The smallest absolute Gasteiger partial charge is 0.480 e. The van der Waals surface area contributed by atoms with Gasteiger partial charge in [0, 0.05) is 5.56 Å². The second-order valence-corrected chi connectivity index (χ2v) is 10.7. The summed E-state index contributed by atoms with van der Waals surface area (Å²) in [6.45, 7) is 7.00. The third-order valence-corrected chi connectivity index (χ3v) is 7.50. The Morgan fingerprint density at radius 3 is 2.45 bits per heavy atom. The molecule has 40 heavy (non-hydrogen) atoms. The number of rotatable bonds is 9. The maximum Gasteiger partial charge on any atom is 0.573 e. The van der Waals surface area contributed by atoms with Gasteiger partial charge < -0.3 is 19.0 Å². The third kappa shape index (κ3) is 5.41. The summed E-state index contributed by atoms with van der Waals surface area (Å²) >= 11 is 1.01. The topological polar surface area (TPSA) is 126 Å². The van der Waals surface area contributed by atoms with Gasteiger partial charge in [-0.15, -0.1) is 24.5 Å². The van der Waals surface area contributed by atoms with Crippen LogP contribution in [0.1, 0.15) is 44.9 Å². The highest BCUT2D eigenvalue weighted by atomic mass is 32.1. The summed E-state index contributed by atoms with van der Waals surface area (Å²) in [5, 5.41) is 9.93. The number of fused-ring (bicyclic) bond motifs is 1. The molecule has 0 aliphatic heterocycles. The predicted molar refractivity (Wildman–Crippen MR) is 140 cm³/mol. The lowest BCUT2D eigenvalue weighted by Gasteiger charge is -2.27. The molecule has 0 saturated carbocycles. The van der Waals surface area contributed by atoms with Crippen LogP contribution in [0.15, 0.2) is 50.7 Å². The van der Waals surface area contributed by atoms with Crippen molar-refractivity contribution in [2.24, 2.45) is 0 Å². The van der Waals surface area contributed by atoms with Crippen LogP contribution in [0.25, 0.3) is 21.0 Å². The van der Waals surface area contributed by atoms with Crippen LogP contribution in [0.3, 0.4) is 0 Å². The van der Waals surface area contributed by atoms with Crippen LogP contribution in [0.4, 0.5) is 13.2 Å². The second kappa shape index (κ2) is 10.6. The fraction of sp³-hybridized carbons (Fsp3) is 0.385. The van der Waals surface area contributed by atoms with Crippen molar-refractivity contribution in [3.63, 3.8) is 0 Å². The Morgan fingerprint density at radius 2 is 1.88 bits per heavy atom. The molecule has 3 heterocycles. The van der Waals surface area contributed by atoms with Crippen LogP contribution in [-0.4, -0.2) is 37.7 Å². The molecule has 4 aromatic rings. The van der Waals surface area contributed by atoms with E-state index in [1.54, 1.807) is 20.8 Å². The number of carboxylic acids is 1. The number of alkyl halides is 3. The molecule has 1 N–H and O–H groups in total. The number of carbonyl (C=O) groups is 1. The average Bonchev–Trinajstić information content (AvgIpc) is 3.48. The third-order valence-electron chi connectivity index (χ3n) is 6.20. The van der Waals surface area contributed by atoms with Crippen molar-refractivity contribution < 1.29 is 37.0 Å². The molecule has 0 radical (unpaired) electrons. The Bertz CT molecular complexity index is 1670. The van der Waals surface area contributed by atoms with Crippen LogP contribution in [-0.2, 0) is 21.6 Å². The number of halogens is 3. The summed E-state index contributed by atoms with van der Waals surface area (Å²) in [5.74, 6) is -1.77. The number of hydrogen-bond acceptors (Lipinski definition) is 8. The van der Waals surface area contributed by atoms with Crippen molar-refractivity contribution in [1.82, 2.24) is 14.1 Å². The number of aromatic nitrogens is 3. The van der Waals surface area contributed by atoms with Gasteiger partial charge in [0.1, 0.15) is 28.5 Å². The van der Waals surface area contributed by atoms with Crippen molar-refractivity contribution in [2.45, 2.75) is 65.3 Å². The summed E-state index contributed by atoms with van der Waals surface area (Å²) < 4.78 is 57.0. The number of aliphatic carboxylic acids is 1. The van der Waals surface area contributed by atoms with Crippen molar-refractivity contribution >= 4 is 27.5 Å². The molecule has 3 aromatic heterocycles.